The molecule has 1 aromatic heterocycles. The van der Waals surface area contributed by atoms with E-state index < -0.39 is 15.7 Å². The number of amides is 1. The van der Waals surface area contributed by atoms with Crippen LogP contribution in [0.2, 0.25) is 5.02 Å². The Morgan fingerprint density at radius 1 is 1.14 bits per heavy atom. The average Bonchev–Trinajstić information content (AvgIpc) is 3.27. The first kappa shape index (κ1) is 25.0. The molecule has 2 aromatic carbocycles. The molecular formula is C26H30ClFN4O3S. The Labute approximate surface area is 215 Å². The van der Waals surface area contributed by atoms with Gasteiger partial charge in [0, 0.05) is 37.6 Å². The van der Waals surface area contributed by atoms with E-state index in [1.165, 1.54) is 12.1 Å². The lowest BCUT2D eigenvalue weighted by Crippen LogP contribution is -2.55. The molecule has 7 nitrogen and oxygen atoms in total. The second-order valence-corrected chi connectivity index (χ2v) is 13.5. The van der Waals surface area contributed by atoms with Gasteiger partial charge in [0.1, 0.15) is 5.82 Å². The Kier molecular flexibility index (Phi) is 6.07. The normalized spacial score (nSPS) is 20.4. The number of hydrogen-bond donors (Lipinski definition) is 0. The lowest BCUT2D eigenvalue weighted by Gasteiger charge is -2.43. The minimum Gasteiger partial charge on any atom is -0.360 e. The number of piperazine rings is 1. The molecule has 2 saturated heterocycles. The lowest BCUT2D eigenvalue weighted by atomic mass is 10.0. The molecule has 3 heterocycles. The van der Waals surface area contributed by atoms with Gasteiger partial charge in [-0.15, -0.1) is 0 Å². The Balaban J connectivity index is 1.51. The zero-order valence-electron chi connectivity index (χ0n) is 20.8. The molecule has 0 spiro atoms. The fourth-order valence-electron chi connectivity index (χ4n) is 5.60. The number of benzene rings is 2. The van der Waals surface area contributed by atoms with Crippen LogP contribution in [0.4, 0.5) is 10.1 Å². The third kappa shape index (κ3) is 4.47. The van der Waals surface area contributed by atoms with E-state index in [2.05, 4.69) is 10.00 Å². The summed E-state index contributed by atoms with van der Waals surface area (Å²) in [5, 5.41) is 5.28. The van der Waals surface area contributed by atoms with E-state index in [1.807, 2.05) is 27.8 Å². The van der Waals surface area contributed by atoms with Crippen molar-refractivity contribution >= 4 is 43.9 Å². The second-order valence-electron chi connectivity index (χ2n) is 11.1. The molecular weight excluding hydrogens is 503 g/mol. The Morgan fingerprint density at radius 2 is 1.81 bits per heavy atom. The molecule has 192 valence electrons. The molecule has 0 N–H and O–H groups in total. The number of hydrogen-bond acceptors (Lipinski definition) is 5. The van der Waals surface area contributed by atoms with Crippen molar-refractivity contribution in [1.82, 2.24) is 14.7 Å². The van der Waals surface area contributed by atoms with E-state index in [1.54, 1.807) is 27.9 Å². The number of nitrogens with zero attached hydrogens (tertiary/aromatic N) is 4. The van der Waals surface area contributed by atoms with Gasteiger partial charge in [0.15, 0.2) is 9.84 Å². The number of sulfone groups is 1. The molecule has 2 aliphatic rings. The van der Waals surface area contributed by atoms with Crippen LogP contribution >= 0.6 is 11.6 Å². The summed E-state index contributed by atoms with van der Waals surface area (Å²) in [5.41, 5.74) is 1.62. The zero-order valence-corrected chi connectivity index (χ0v) is 22.4. The average molecular weight is 533 g/mol. The lowest BCUT2D eigenvalue weighted by molar-refractivity contribution is 0.0718. The summed E-state index contributed by atoms with van der Waals surface area (Å²) >= 11 is 6.17. The number of rotatable bonds is 4. The maximum absolute atomic E-state index is 13.5. The predicted octanol–water partition coefficient (Wildman–Crippen LogP) is 4.68. The van der Waals surface area contributed by atoms with E-state index in [4.69, 9.17) is 11.6 Å². The van der Waals surface area contributed by atoms with Gasteiger partial charge >= 0.3 is 0 Å². The van der Waals surface area contributed by atoms with E-state index in [-0.39, 0.29) is 39.7 Å². The van der Waals surface area contributed by atoms with E-state index in [9.17, 15) is 17.6 Å². The van der Waals surface area contributed by atoms with Crippen LogP contribution in [0.15, 0.2) is 41.4 Å². The Hall–Kier alpha value is -2.65. The summed E-state index contributed by atoms with van der Waals surface area (Å²) in [5.74, 6) is -0.662. The van der Waals surface area contributed by atoms with Gasteiger partial charge in [-0.2, -0.15) is 5.10 Å². The molecule has 2 aliphatic heterocycles. The number of carbonyl (C=O) groups is 1. The topological polar surface area (TPSA) is 75.5 Å². The van der Waals surface area contributed by atoms with Gasteiger partial charge in [-0.05, 0) is 48.6 Å². The van der Waals surface area contributed by atoms with E-state index in [0.717, 1.165) is 35.5 Å². The highest BCUT2D eigenvalue weighted by Gasteiger charge is 2.43. The van der Waals surface area contributed by atoms with Crippen molar-refractivity contribution in [2.45, 2.75) is 50.6 Å². The number of likely N-dealkylation sites (tertiary alicyclic amines) is 1. The van der Waals surface area contributed by atoms with Crippen LogP contribution in [0.1, 0.15) is 44.0 Å². The minimum atomic E-state index is -3.52. The van der Waals surface area contributed by atoms with Gasteiger partial charge in [0.05, 0.1) is 38.6 Å². The third-order valence-corrected chi connectivity index (χ3v) is 9.49. The highest BCUT2D eigenvalue weighted by molar-refractivity contribution is 7.91. The summed E-state index contributed by atoms with van der Waals surface area (Å²) < 4.78 is 41.9. The van der Waals surface area contributed by atoms with Crippen LogP contribution in [0, 0.1) is 11.2 Å². The van der Waals surface area contributed by atoms with Gasteiger partial charge in [-0.25, -0.2) is 12.8 Å². The maximum Gasteiger partial charge on any atom is 0.255 e. The SMILES string of the molecule is Cn1ncc2cc(S(=O)(=O)CC(C)(C)C)cc(N3[C@@H]4CC[C@H]3CN(C(=O)c3ccc(F)cc3Cl)C4)c21. The van der Waals surface area contributed by atoms with Crippen LogP contribution in [-0.4, -0.2) is 59.9 Å². The minimum absolute atomic E-state index is 0.0191. The summed E-state index contributed by atoms with van der Waals surface area (Å²) in [6.07, 6.45) is 3.46. The quantitative estimate of drug-likeness (QED) is 0.488. The van der Waals surface area contributed by atoms with Gasteiger partial charge in [0.2, 0.25) is 0 Å². The first-order valence-electron chi connectivity index (χ1n) is 12.1. The molecule has 0 unspecified atom stereocenters. The summed E-state index contributed by atoms with van der Waals surface area (Å²) in [6.45, 7) is 6.69. The number of aryl methyl sites for hydroxylation is 1. The highest BCUT2D eigenvalue weighted by Crippen LogP contribution is 2.41. The van der Waals surface area contributed by atoms with E-state index in [0.29, 0.717) is 18.0 Å². The fraction of sp³-hybridized carbons (Fsp3) is 0.462. The molecule has 2 bridgehead atoms. The summed E-state index contributed by atoms with van der Waals surface area (Å²) in [6, 6.07) is 7.36. The van der Waals surface area contributed by atoms with Crippen molar-refractivity contribution in [3.05, 3.63) is 52.9 Å². The number of halogens is 2. The van der Waals surface area contributed by atoms with E-state index >= 15 is 0 Å². The molecule has 0 radical (unpaired) electrons. The van der Waals surface area contributed by atoms with Gasteiger partial charge < -0.3 is 9.80 Å². The van der Waals surface area contributed by atoms with Crippen LogP contribution in [0.25, 0.3) is 10.9 Å². The maximum atomic E-state index is 13.5. The van der Waals surface area contributed by atoms with Crippen LogP contribution in [-0.2, 0) is 16.9 Å². The van der Waals surface area contributed by atoms with Crippen LogP contribution in [0.5, 0.6) is 0 Å². The molecule has 2 fully saturated rings. The second kappa shape index (κ2) is 8.73. The molecule has 36 heavy (non-hydrogen) atoms. The summed E-state index contributed by atoms with van der Waals surface area (Å²) in [7, 11) is -1.66. The van der Waals surface area contributed by atoms with Crippen LogP contribution < -0.4 is 4.90 Å². The van der Waals surface area contributed by atoms with Crippen molar-refractivity contribution in [2.75, 3.05) is 23.7 Å². The first-order valence-corrected chi connectivity index (χ1v) is 14.1. The van der Waals surface area contributed by atoms with Gasteiger partial charge in [-0.1, -0.05) is 32.4 Å². The molecule has 5 rings (SSSR count). The van der Waals surface area contributed by atoms with Crippen molar-refractivity contribution in [1.29, 1.82) is 0 Å². The Morgan fingerprint density at radius 3 is 2.42 bits per heavy atom. The first-order chi connectivity index (χ1) is 16.8. The van der Waals surface area contributed by atoms with Gasteiger partial charge in [0.25, 0.3) is 5.91 Å². The summed E-state index contributed by atoms with van der Waals surface area (Å²) in [4.78, 5) is 17.6. The number of fused-ring (bicyclic) bond motifs is 3. The van der Waals surface area contributed by atoms with Gasteiger partial charge in [-0.3, -0.25) is 9.48 Å². The predicted molar refractivity (Wildman–Crippen MR) is 139 cm³/mol. The number of aromatic nitrogens is 2. The van der Waals surface area contributed by atoms with Crippen molar-refractivity contribution in [3.8, 4) is 0 Å². The largest absolute Gasteiger partial charge is 0.360 e. The highest BCUT2D eigenvalue weighted by atomic mass is 35.5. The van der Waals surface area contributed by atoms with Crippen molar-refractivity contribution < 1.29 is 17.6 Å². The molecule has 2 atom stereocenters. The smallest absolute Gasteiger partial charge is 0.255 e. The molecule has 3 aromatic rings. The third-order valence-electron chi connectivity index (χ3n) is 6.98. The molecule has 0 aliphatic carbocycles. The molecule has 1 amide bonds. The van der Waals surface area contributed by atoms with Crippen molar-refractivity contribution in [2.24, 2.45) is 12.5 Å². The molecule has 10 heteroatoms. The standard InChI is InChI=1S/C26H30ClFN4O3S/c1-26(2,3)15-36(34,35)20-9-16-12-29-30(4)24(16)23(11-20)32-18-6-7-19(32)14-31(13-18)25(33)21-8-5-17(28)10-22(21)27/h5,8-12,18-19H,6-7,13-15H2,1-4H3/t18-,19+. The Bertz CT molecular complexity index is 1450. The molecule has 0 saturated carbocycles. The van der Waals surface area contributed by atoms with Crippen molar-refractivity contribution in [3.63, 3.8) is 0 Å². The number of anilines is 1. The fourth-order valence-corrected chi connectivity index (χ4v) is 7.75. The zero-order chi connectivity index (χ0) is 26.0. The van der Waals surface area contributed by atoms with Crippen LogP contribution in [0.3, 0.4) is 0 Å². The monoisotopic (exact) mass is 532 g/mol. The number of carbonyl (C=O) groups excluding carboxylic acids is 1.